The number of nitrogens with zero attached hydrogens (tertiary/aromatic N) is 2. The van der Waals surface area contributed by atoms with Crippen molar-refractivity contribution in [1.82, 2.24) is 15.2 Å². The molecule has 1 amide bonds. The molecule has 0 unspecified atom stereocenters. The number of aromatic nitrogens is 1. The number of rotatable bonds is 7. The topological polar surface area (TPSA) is 54.5 Å². The van der Waals surface area contributed by atoms with E-state index < -0.39 is 0 Å². The highest BCUT2D eigenvalue weighted by Crippen LogP contribution is 2.16. The van der Waals surface area contributed by atoms with Crippen molar-refractivity contribution in [2.45, 2.75) is 33.1 Å². The summed E-state index contributed by atoms with van der Waals surface area (Å²) in [6, 6.07) is 3.51. The van der Waals surface area contributed by atoms with Crippen LogP contribution in [0.25, 0.3) is 0 Å². The van der Waals surface area contributed by atoms with Crippen molar-refractivity contribution in [3.8, 4) is 5.88 Å². The van der Waals surface area contributed by atoms with Gasteiger partial charge < -0.3 is 15.0 Å². The van der Waals surface area contributed by atoms with Crippen LogP contribution in [0.1, 0.15) is 43.5 Å². The van der Waals surface area contributed by atoms with Gasteiger partial charge in [0.25, 0.3) is 5.91 Å². The largest absolute Gasteiger partial charge is 0.477 e. The van der Waals surface area contributed by atoms with Gasteiger partial charge >= 0.3 is 0 Å². The Labute approximate surface area is 133 Å². The molecular weight excluding hydrogens is 278 g/mol. The third-order valence-electron chi connectivity index (χ3n) is 4.11. The minimum atomic E-state index is -0.108. The van der Waals surface area contributed by atoms with Crippen molar-refractivity contribution in [3.05, 3.63) is 23.9 Å². The van der Waals surface area contributed by atoms with E-state index in [1.807, 2.05) is 6.92 Å². The van der Waals surface area contributed by atoms with E-state index in [9.17, 15) is 4.79 Å². The molecule has 1 aromatic rings. The van der Waals surface area contributed by atoms with Crippen LogP contribution in [-0.2, 0) is 0 Å². The normalized spacial score (nSPS) is 16.5. The van der Waals surface area contributed by atoms with Crippen LogP contribution in [0, 0.1) is 5.92 Å². The van der Waals surface area contributed by atoms with E-state index >= 15 is 0 Å². The number of pyridine rings is 1. The van der Waals surface area contributed by atoms with Crippen LogP contribution >= 0.6 is 0 Å². The van der Waals surface area contributed by atoms with Gasteiger partial charge in [-0.05, 0) is 63.9 Å². The quantitative estimate of drug-likeness (QED) is 0.786. The van der Waals surface area contributed by atoms with E-state index in [-0.39, 0.29) is 5.91 Å². The molecule has 0 radical (unpaired) electrons. The van der Waals surface area contributed by atoms with Crippen molar-refractivity contribution in [2.75, 3.05) is 32.8 Å². The molecule has 0 saturated carbocycles. The van der Waals surface area contributed by atoms with Gasteiger partial charge in [-0.3, -0.25) is 4.79 Å². The van der Waals surface area contributed by atoms with Gasteiger partial charge in [-0.25, -0.2) is 4.98 Å². The fraction of sp³-hybridized carbons (Fsp3) is 0.647. The average molecular weight is 305 g/mol. The van der Waals surface area contributed by atoms with E-state index in [0.717, 1.165) is 18.9 Å². The lowest BCUT2D eigenvalue weighted by Crippen LogP contribution is -2.35. The first-order chi connectivity index (χ1) is 10.7. The van der Waals surface area contributed by atoms with E-state index in [1.54, 1.807) is 18.3 Å². The average Bonchev–Trinajstić information content (AvgIpc) is 2.54. The molecule has 0 atom stereocenters. The zero-order chi connectivity index (χ0) is 15.8. The zero-order valence-electron chi connectivity index (χ0n) is 13.7. The molecule has 1 N–H and O–H groups in total. The molecule has 1 aromatic heterocycles. The van der Waals surface area contributed by atoms with Crippen LogP contribution in [-0.4, -0.2) is 48.6 Å². The minimum absolute atomic E-state index is 0.108. The van der Waals surface area contributed by atoms with Gasteiger partial charge in [-0.15, -0.1) is 0 Å². The van der Waals surface area contributed by atoms with Crippen LogP contribution in [0.5, 0.6) is 5.88 Å². The van der Waals surface area contributed by atoms with E-state index in [4.69, 9.17) is 4.74 Å². The third-order valence-corrected chi connectivity index (χ3v) is 4.11. The molecule has 1 saturated heterocycles. The van der Waals surface area contributed by atoms with E-state index in [1.165, 1.54) is 25.9 Å². The lowest BCUT2D eigenvalue weighted by Gasteiger charge is -2.30. The van der Waals surface area contributed by atoms with Crippen molar-refractivity contribution in [3.63, 3.8) is 0 Å². The minimum Gasteiger partial charge on any atom is -0.477 e. The number of hydrogen-bond acceptors (Lipinski definition) is 4. The summed E-state index contributed by atoms with van der Waals surface area (Å²) >= 11 is 0. The number of nitrogens with one attached hydrogen (secondary N) is 1. The molecular formula is C17H27N3O2. The second-order valence-corrected chi connectivity index (χ2v) is 5.92. The van der Waals surface area contributed by atoms with Crippen molar-refractivity contribution < 1.29 is 9.53 Å². The van der Waals surface area contributed by atoms with Crippen molar-refractivity contribution in [2.24, 2.45) is 5.92 Å². The predicted molar refractivity (Wildman–Crippen MR) is 87.2 cm³/mol. The molecule has 2 rings (SSSR count). The first-order valence-corrected chi connectivity index (χ1v) is 8.29. The van der Waals surface area contributed by atoms with Gasteiger partial charge in [0, 0.05) is 12.7 Å². The molecule has 1 aliphatic rings. The third kappa shape index (κ3) is 4.98. The summed E-state index contributed by atoms with van der Waals surface area (Å²) in [6.07, 6.45) is 5.20. The molecule has 5 heteroatoms. The highest BCUT2D eigenvalue weighted by atomic mass is 16.5. The first kappa shape index (κ1) is 16.7. The number of piperidine rings is 1. The molecule has 5 nitrogen and oxygen atoms in total. The van der Waals surface area contributed by atoms with Gasteiger partial charge in [0.05, 0.1) is 6.61 Å². The molecule has 0 bridgehead atoms. The summed E-state index contributed by atoms with van der Waals surface area (Å²) in [6.45, 7) is 8.82. The zero-order valence-corrected chi connectivity index (χ0v) is 13.7. The first-order valence-electron chi connectivity index (χ1n) is 8.29. The standard InChI is InChI=1S/C17H27N3O2/c1-3-22-17-15(6-4-9-19-17)16(21)18-10-5-11-20-12-7-14(2)8-13-20/h4,6,9,14H,3,5,7-8,10-13H2,1-2H3,(H,18,21). The van der Waals surface area contributed by atoms with Gasteiger partial charge in [0.15, 0.2) is 0 Å². The highest BCUT2D eigenvalue weighted by molar-refractivity contribution is 5.96. The number of carbonyl (C=O) groups excluding carboxylic acids is 1. The number of amides is 1. The van der Waals surface area contributed by atoms with Crippen LogP contribution < -0.4 is 10.1 Å². The molecule has 1 fully saturated rings. The Morgan fingerprint density at radius 3 is 2.95 bits per heavy atom. The molecule has 0 spiro atoms. The Bertz CT molecular complexity index is 471. The van der Waals surface area contributed by atoms with Crippen molar-refractivity contribution in [1.29, 1.82) is 0 Å². The summed E-state index contributed by atoms with van der Waals surface area (Å²) in [4.78, 5) is 18.8. The van der Waals surface area contributed by atoms with Crippen LogP contribution in [0.3, 0.4) is 0 Å². The Kier molecular flexibility index (Phi) is 6.65. The van der Waals surface area contributed by atoms with E-state index in [0.29, 0.717) is 24.6 Å². The highest BCUT2D eigenvalue weighted by Gasteiger charge is 2.16. The summed E-state index contributed by atoms with van der Waals surface area (Å²) in [5.74, 6) is 1.16. The summed E-state index contributed by atoms with van der Waals surface area (Å²) in [5, 5.41) is 2.96. The maximum absolute atomic E-state index is 12.2. The lowest BCUT2D eigenvalue weighted by atomic mass is 9.99. The van der Waals surface area contributed by atoms with E-state index in [2.05, 4.69) is 22.1 Å². The SMILES string of the molecule is CCOc1ncccc1C(=O)NCCCN1CCC(C)CC1. The fourth-order valence-corrected chi connectivity index (χ4v) is 2.70. The number of hydrogen-bond donors (Lipinski definition) is 1. The molecule has 0 aromatic carbocycles. The monoisotopic (exact) mass is 305 g/mol. The summed E-state index contributed by atoms with van der Waals surface area (Å²) in [5.41, 5.74) is 0.510. The molecule has 2 heterocycles. The maximum atomic E-state index is 12.2. The predicted octanol–water partition coefficient (Wildman–Crippen LogP) is 2.33. The molecule has 0 aliphatic carbocycles. The lowest BCUT2D eigenvalue weighted by molar-refractivity contribution is 0.0946. The van der Waals surface area contributed by atoms with Gasteiger partial charge in [0.1, 0.15) is 5.56 Å². The number of likely N-dealkylation sites (tertiary alicyclic amines) is 1. The number of carbonyl (C=O) groups is 1. The Balaban J connectivity index is 1.72. The maximum Gasteiger partial charge on any atom is 0.256 e. The Hall–Kier alpha value is -1.62. The van der Waals surface area contributed by atoms with Gasteiger partial charge in [-0.1, -0.05) is 6.92 Å². The molecule has 1 aliphatic heterocycles. The van der Waals surface area contributed by atoms with Gasteiger partial charge in [0.2, 0.25) is 5.88 Å². The van der Waals surface area contributed by atoms with Crippen LogP contribution in [0.2, 0.25) is 0 Å². The second-order valence-electron chi connectivity index (χ2n) is 5.92. The van der Waals surface area contributed by atoms with Crippen molar-refractivity contribution >= 4 is 5.91 Å². The molecule has 122 valence electrons. The summed E-state index contributed by atoms with van der Waals surface area (Å²) < 4.78 is 5.39. The summed E-state index contributed by atoms with van der Waals surface area (Å²) in [7, 11) is 0. The molecule has 22 heavy (non-hydrogen) atoms. The van der Waals surface area contributed by atoms with Crippen LogP contribution in [0.15, 0.2) is 18.3 Å². The smallest absolute Gasteiger partial charge is 0.256 e. The second kappa shape index (κ2) is 8.73. The Morgan fingerprint density at radius 1 is 1.45 bits per heavy atom. The van der Waals surface area contributed by atoms with Crippen LogP contribution in [0.4, 0.5) is 0 Å². The Morgan fingerprint density at radius 2 is 2.23 bits per heavy atom. The van der Waals surface area contributed by atoms with Gasteiger partial charge in [-0.2, -0.15) is 0 Å². The number of ether oxygens (including phenoxy) is 1. The fourth-order valence-electron chi connectivity index (χ4n) is 2.70.